The van der Waals surface area contributed by atoms with Gasteiger partial charge in [0, 0.05) is 40.5 Å². The van der Waals surface area contributed by atoms with E-state index in [1.807, 2.05) is 44.2 Å². The number of pyridine rings is 2. The zero-order valence-electron chi connectivity index (χ0n) is 15.4. The third-order valence-electron chi connectivity index (χ3n) is 4.34. The summed E-state index contributed by atoms with van der Waals surface area (Å²) in [4.78, 5) is 14.1. The number of sulfonamides is 1. The van der Waals surface area contributed by atoms with E-state index in [2.05, 4.69) is 19.7 Å². The van der Waals surface area contributed by atoms with Crippen LogP contribution in [0.3, 0.4) is 0 Å². The second-order valence-corrected chi connectivity index (χ2v) is 9.19. The highest BCUT2D eigenvalue weighted by molar-refractivity contribution is 7.89. The van der Waals surface area contributed by atoms with E-state index in [0.717, 1.165) is 32.2 Å². The van der Waals surface area contributed by atoms with Crippen LogP contribution in [-0.2, 0) is 16.6 Å². The molecule has 0 aliphatic heterocycles. The molecule has 0 unspecified atom stereocenters. The van der Waals surface area contributed by atoms with E-state index in [0.29, 0.717) is 5.52 Å². The van der Waals surface area contributed by atoms with Gasteiger partial charge in [-0.15, -0.1) is 11.3 Å². The Balaban J connectivity index is 1.62. The molecule has 28 heavy (non-hydrogen) atoms. The van der Waals surface area contributed by atoms with Gasteiger partial charge in [-0.2, -0.15) is 0 Å². The smallest absolute Gasteiger partial charge is 0.243 e. The van der Waals surface area contributed by atoms with Crippen molar-refractivity contribution in [1.29, 1.82) is 0 Å². The maximum absolute atomic E-state index is 12.9. The van der Waals surface area contributed by atoms with Crippen LogP contribution in [0.4, 0.5) is 0 Å². The molecule has 0 saturated carbocycles. The molecule has 3 aromatic heterocycles. The fourth-order valence-electron chi connectivity index (χ4n) is 2.88. The Labute approximate surface area is 167 Å². The van der Waals surface area contributed by atoms with Crippen LogP contribution in [0.1, 0.15) is 16.3 Å². The summed E-state index contributed by atoms with van der Waals surface area (Å²) in [6.07, 6.45) is 3.45. The Morgan fingerprint density at radius 2 is 1.89 bits per heavy atom. The van der Waals surface area contributed by atoms with Crippen molar-refractivity contribution in [2.75, 3.05) is 0 Å². The van der Waals surface area contributed by atoms with Gasteiger partial charge in [0.2, 0.25) is 10.0 Å². The average Bonchev–Trinajstić information content (AvgIpc) is 3.07. The Bertz CT molecular complexity index is 1250. The quantitative estimate of drug-likeness (QED) is 0.540. The summed E-state index contributed by atoms with van der Waals surface area (Å²) >= 11 is 1.46. The van der Waals surface area contributed by atoms with E-state index in [-0.39, 0.29) is 11.4 Å². The van der Waals surface area contributed by atoms with Crippen LogP contribution < -0.4 is 4.72 Å². The van der Waals surface area contributed by atoms with Crippen LogP contribution >= 0.6 is 11.3 Å². The third-order valence-corrected chi connectivity index (χ3v) is 6.98. The summed E-state index contributed by atoms with van der Waals surface area (Å²) in [7, 11) is -3.72. The zero-order chi connectivity index (χ0) is 19.7. The van der Waals surface area contributed by atoms with E-state index >= 15 is 0 Å². The molecular weight excluding hydrogens is 392 g/mol. The molecule has 0 fully saturated rings. The van der Waals surface area contributed by atoms with Crippen molar-refractivity contribution in [3.63, 3.8) is 0 Å². The summed E-state index contributed by atoms with van der Waals surface area (Å²) < 4.78 is 28.6. The largest absolute Gasteiger partial charge is 0.264 e. The lowest BCUT2D eigenvalue weighted by Gasteiger charge is -2.09. The van der Waals surface area contributed by atoms with Gasteiger partial charge >= 0.3 is 0 Å². The Kier molecular flexibility index (Phi) is 4.92. The summed E-state index contributed by atoms with van der Waals surface area (Å²) in [6.45, 7) is 3.90. The number of thiazole rings is 1. The highest BCUT2D eigenvalue weighted by atomic mass is 32.2. The van der Waals surface area contributed by atoms with Crippen molar-refractivity contribution in [3.8, 4) is 10.6 Å². The van der Waals surface area contributed by atoms with E-state index in [4.69, 9.17) is 0 Å². The lowest BCUT2D eigenvalue weighted by Crippen LogP contribution is -2.23. The third kappa shape index (κ3) is 3.66. The van der Waals surface area contributed by atoms with Crippen LogP contribution in [0.2, 0.25) is 0 Å². The predicted octanol–water partition coefficient (Wildman–Crippen LogP) is 3.85. The fourth-order valence-corrected chi connectivity index (χ4v) is 5.13. The SMILES string of the molecule is Cc1ccc2cccc(S(=O)(=O)NCc3sc(-c4cccnc4)nc3C)c2n1. The van der Waals surface area contributed by atoms with Gasteiger partial charge in [0.1, 0.15) is 9.90 Å². The molecule has 4 aromatic rings. The molecule has 0 radical (unpaired) electrons. The summed E-state index contributed by atoms with van der Waals surface area (Å²) in [5.74, 6) is 0. The number of nitrogens with one attached hydrogen (secondary N) is 1. The first-order valence-corrected chi connectivity index (χ1v) is 11.0. The molecule has 0 spiro atoms. The summed E-state index contributed by atoms with van der Waals surface area (Å²) in [5.41, 5.74) is 2.97. The van der Waals surface area contributed by atoms with Gasteiger partial charge in [0.25, 0.3) is 0 Å². The number of aryl methyl sites for hydroxylation is 2. The minimum atomic E-state index is -3.72. The normalized spacial score (nSPS) is 11.8. The van der Waals surface area contributed by atoms with Crippen molar-refractivity contribution in [2.24, 2.45) is 0 Å². The molecule has 0 amide bonds. The first-order valence-electron chi connectivity index (χ1n) is 8.67. The number of fused-ring (bicyclic) bond motifs is 1. The molecule has 0 aliphatic rings. The van der Waals surface area contributed by atoms with Gasteiger partial charge in [-0.25, -0.2) is 18.1 Å². The molecule has 0 saturated heterocycles. The molecule has 0 atom stereocenters. The number of benzene rings is 1. The monoisotopic (exact) mass is 410 g/mol. The van der Waals surface area contributed by atoms with Gasteiger partial charge in [-0.05, 0) is 38.1 Å². The second kappa shape index (κ2) is 7.38. The van der Waals surface area contributed by atoms with E-state index < -0.39 is 10.0 Å². The van der Waals surface area contributed by atoms with Gasteiger partial charge in [0.05, 0.1) is 11.2 Å². The molecule has 3 heterocycles. The zero-order valence-corrected chi connectivity index (χ0v) is 17.0. The number of para-hydroxylation sites is 1. The maximum atomic E-state index is 12.9. The van der Waals surface area contributed by atoms with E-state index in [9.17, 15) is 8.42 Å². The second-order valence-electron chi connectivity index (χ2n) is 6.37. The first kappa shape index (κ1) is 18.7. The maximum Gasteiger partial charge on any atom is 0.243 e. The van der Waals surface area contributed by atoms with E-state index in [1.54, 1.807) is 24.5 Å². The van der Waals surface area contributed by atoms with Crippen LogP contribution in [0.25, 0.3) is 21.5 Å². The first-order chi connectivity index (χ1) is 13.4. The number of rotatable bonds is 5. The number of hydrogen-bond donors (Lipinski definition) is 1. The van der Waals surface area contributed by atoms with Crippen LogP contribution in [0, 0.1) is 13.8 Å². The van der Waals surface area contributed by atoms with Gasteiger partial charge in [0.15, 0.2) is 0 Å². The predicted molar refractivity (Wildman–Crippen MR) is 111 cm³/mol. The molecule has 142 valence electrons. The molecule has 1 aromatic carbocycles. The minimum Gasteiger partial charge on any atom is -0.264 e. The standard InChI is InChI=1S/C20H18N4O2S2/c1-13-8-9-15-5-3-7-18(19(15)23-13)28(25,26)22-12-17-14(2)24-20(27-17)16-6-4-10-21-11-16/h3-11,22H,12H2,1-2H3. The highest BCUT2D eigenvalue weighted by Gasteiger charge is 2.19. The topological polar surface area (TPSA) is 84.8 Å². The minimum absolute atomic E-state index is 0.175. The van der Waals surface area contributed by atoms with Crippen molar-refractivity contribution in [1.82, 2.24) is 19.7 Å². The van der Waals surface area contributed by atoms with Crippen molar-refractivity contribution < 1.29 is 8.42 Å². The van der Waals surface area contributed by atoms with Gasteiger partial charge < -0.3 is 0 Å². The number of nitrogens with zero attached hydrogens (tertiary/aromatic N) is 3. The molecule has 4 rings (SSSR count). The van der Waals surface area contributed by atoms with Crippen LogP contribution in [0.5, 0.6) is 0 Å². The lowest BCUT2D eigenvalue weighted by atomic mass is 10.2. The molecular formula is C20H18N4O2S2. The Morgan fingerprint density at radius 3 is 2.68 bits per heavy atom. The van der Waals surface area contributed by atoms with Crippen LogP contribution in [0.15, 0.2) is 59.8 Å². The molecule has 1 N–H and O–H groups in total. The molecule has 0 bridgehead atoms. The number of aromatic nitrogens is 3. The Morgan fingerprint density at radius 1 is 1.04 bits per heavy atom. The average molecular weight is 411 g/mol. The van der Waals surface area contributed by atoms with Crippen molar-refractivity contribution >= 4 is 32.3 Å². The number of hydrogen-bond acceptors (Lipinski definition) is 6. The fraction of sp³-hybridized carbons (Fsp3) is 0.150. The van der Waals surface area contributed by atoms with Crippen LogP contribution in [-0.4, -0.2) is 23.4 Å². The molecule has 0 aliphatic carbocycles. The lowest BCUT2D eigenvalue weighted by molar-refractivity contribution is 0.582. The van der Waals surface area contributed by atoms with Crippen molar-refractivity contribution in [2.45, 2.75) is 25.3 Å². The summed E-state index contributed by atoms with van der Waals surface area (Å²) in [6, 6.07) is 12.7. The van der Waals surface area contributed by atoms with Gasteiger partial charge in [-0.1, -0.05) is 18.2 Å². The van der Waals surface area contributed by atoms with E-state index in [1.165, 1.54) is 11.3 Å². The van der Waals surface area contributed by atoms with Gasteiger partial charge in [-0.3, -0.25) is 9.97 Å². The molecule has 8 heteroatoms. The Hall–Kier alpha value is -2.68. The van der Waals surface area contributed by atoms with Crippen molar-refractivity contribution in [3.05, 3.63) is 71.1 Å². The molecule has 6 nitrogen and oxygen atoms in total. The summed E-state index contributed by atoms with van der Waals surface area (Å²) in [5, 5.41) is 1.61. The highest BCUT2D eigenvalue weighted by Crippen LogP contribution is 2.28.